The molecule has 0 aromatic heterocycles. The number of nitrogens with zero attached hydrogens (tertiary/aromatic N) is 2. The van der Waals surface area contributed by atoms with Crippen LogP contribution in [0, 0.1) is 19.3 Å². The van der Waals surface area contributed by atoms with Crippen LogP contribution in [0.4, 0.5) is 5.69 Å². The molecular formula is C19H27N3O3. The van der Waals surface area contributed by atoms with E-state index < -0.39 is 5.41 Å². The van der Waals surface area contributed by atoms with E-state index >= 15 is 0 Å². The number of nitrogens with one attached hydrogen (secondary N) is 1. The number of hydrogen-bond donors (Lipinski definition) is 1. The Labute approximate surface area is 149 Å². The molecule has 6 heteroatoms. The molecule has 0 aliphatic carbocycles. The maximum absolute atomic E-state index is 12.8. The molecule has 2 rings (SSSR count). The van der Waals surface area contributed by atoms with Gasteiger partial charge in [0, 0.05) is 38.8 Å². The topological polar surface area (TPSA) is 69.7 Å². The van der Waals surface area contributed by atoms with Crippen molar-refractivity contribution in [2.75, 3.05) is 31.5 Å². The molecule has 6 nitrogen and oxygen atoms in total. The monoisotopic (exact) mass is 345 g/mol. The first-order valence-corrected chi connectivity index (χ1v) is 8.56. The number of anilines is 1. The summed E-state index contributed by atoms with van der Waals surface area (Å²) < 4.78 is 0. The Balaban J connectivity index is 2.03. The predicted molar refractivity (Wildman–Crippen MR) is 97.2 cm³/mol. The zero-order valence-electron chi connectivity index (χ0n) is 15.7. The van der Waals surface area contributed by atoms with Crippen LogP contribution in [0.2, 0.25) is 0 Å². The van der Waals surface area contributed by atoms with E-state index in [4.69, 9.17) is 0 Å². The van der Waals surface area contributed by atoms with E-state index in [1.54, 1.807) is 23.6 Å². The van der Waals surface area contributed by atoms with Gasteiger partial charge in [0.1, 0.15) is 5.41 Å². The third-order valence-electron chi connectivity index (χ3n) is 4.88. The van der Waals surface area contributed by atoms with Gasteiger partial charge in [0.05, 0.1) is 0 Å². The molecule has 1 N–H and O–H groups in total. The van der Waals surface area contributed by atoms with Crippen molar-refractivity contribution in [1.82, 2.24) is 9.80 Å². The average molecular weight is 345 g/mol. The predicted octanol–water partition coefficient (Wildman–Crippen LogP) is 1.96. The van der Waals surface area contributed by atoms with Crippen molar-refractivity contribution in [1.29, 1.82) is 0 Å². The number of hydrogen-bond acceptors (Lipinski definition) is 3. The van der Waals surface area contributed by atoms with Crippen molar-refractivity contribution in [3.63, 3.8) is 0 Å². The van der Waals surface area contributed by atoms with E-state index in [1.807, 2.05) is 32.0 Å². The molecule has 1 fully saturated rings. The van der Waals surface area contributed by atoms with Gasteiger partial charge >= 0.3 is 0 Å². The average Bonchev–Trinajstić information content (AvgIpc) is 2.57. The Hall–Kier alpha value is -2.37. The summed E-state index contributed by atoms with van der Waals surface area (Å²) in [4.78, 5) is 40.2. The first-order chi connectivity index (χ1) is 11.6. The van der Waals surface area contributed by atoms with Crippen LogP contribution in [0.25, 0.3) is 0 Å². The molecule has 0 unspecified atom stereocenters. The number of rotatable bonds is 3. The maximum atomic E-state index is 12.8. The van der Waals surface area contributed by atoms with Crippen LogP contribution in [0.1, 0.15) is 31.9 Å². The Kier molecular flexibility index (Phi) is 5.50. The van der Waals surface area contributed by atoms with Crippen LogP contribution in [0.3, 0.4) is 0 Å². The van der Waals surface area contributed by atoms with E-state index in [1.165, 1.54) is 6.92 Å². The second-order valence-electron chi connectivity index (χ2n) is 7.18. The van der Waals surface area contributed by atoms with E-state index in [2.05, 4.69) is 5.32 Å². The lowest BCUT2D eigenvalue weighted by Gasteiger charge is -2.37. The van der Waals surface area contributed by atoms with E-state index in [0.717, 1.165) is 11.1 Å². The van der Waals surface area contributed by atoms with Crippen LogP contribution in [-0.4, -0.2) is 53.7 Å². The van der Waals surface area contributed by atoms with Gasteiger partial charge in [-0.15, -0.1) is 0 Å². The van der Waals surface area contributed by atoms with Gasteiger partial charge < -0.3 is 15.1 Å². The third kappa shape index (κ3) is 4.18. The minimum atomic E-state index is -1.17. The fourth-order valence-corrected chi connectivity index (χ4v) is 2.82. The van der Waals surface area contributed by atoms with Crippen LogP contribution >= 0.6 is 0 Å². The smallest absolute Gasteiger partial charge is 0.239 e. The molecule has 1 aliphatic heterocycles. The molecule has 0 bridgehead atoms. The van der Waals surface area contributed by atoms with E-state index in [9.17, 15) is 14.4 Å². The fraction of sp³-hybridized carbons (Fsp3) is 0.526. The van der Waals surface area contributed by atoms with E-state index in [0.29, 0.717) is 31.9 Å². The van der Waals surface area contributed by atoms with Gasteiger partial charge in [-0.05, 0) is 51.0 Å². The SMILES string of the molecule is CC(=O)N1CCN(C(=O)C(C)(C)C(=O)Nc2ccc(C)c(C)c2)CC1. The van der Waals surface area contributed by atoms with Crippen LogP contribution in [0.5, 0.6) is 0 Å². The third-order valence-corrected chi connectivity index (χ3v) is 4.88. The summed E-state index contributed by atoms with van der Waals surface area (Å²) in [5, 5.41) is 2.85. The van der Waals surface area contributed by atoms with Crippen molar-refractivity contribution in [3.05, 3.63) is 29.3 Å². The van der Waals surface area contributed by atoms with Gasteiger partial charge in [0.2, 0.25) is 17.7 Å². The molecule has 0 saturated carbocycles. The Morgan fingerprint density at radius 3 is 2.04 bits per heavy atom. The summed E-state index contributed by atoms with van der Waals surface area (Å²) in [6, 6.07) is 5.69. The minimum Gasteiger partial charge on any atom is -0.339 e. The van der Waals surface area contributed by atoms with Crippen LogP contribution in [-0.2, 0) is 14.4 Å². The Morgan fingerprint density at radius 1 is 0.960 bits per heavy atom. The molecular weight excluding hydrogens is 318 g/mol. The molecule has 0 atom stereocenters. The highest BCUT2D eigenvalue weighted by Gasteiger charge is 2.40. The van der Waals surface area contributed by atoms with Gasteiger partial charge in [0.25, 0.3) is 0 Å². The summed E-state index contributed by atoms with van der Waals surface area (Å²) in [5.41, 5.74) is 1.76. The van der Waals surface area contributed by atoms with Gasteiger partial charge in [-0.1, -0.05) is 6.07 Å². The largest absolute Gasteiger partial charge is 0.339 e. The van der Waals surface area contributed by atoms with Gasteiger partial charge in [-0.3, -0.25) is 14.4 Å². The zero-order valence-corrected chi connectivity index (χ0v) is 15.7. The summed E-state index contributed by atoms with van der Waals surface area (Å²) >= 11 is 0. The van der Waals surface area contributed by atoms with Crippen molar-refractivity contribution in [3.8, 4) is 0 Å². The van der Waals surface area contributed by atoms with Gasteiger partial charge in [0.15, 0.2) is 0 Å². The van der Waals surface area contributed by atoms with Crippen LogP contribution in [0.15, 0.2) is 18.2 Å². The molecule has 0 radical (unpaired) electrons. The normalized spacial score (nSPS) is 15.1. The molecule has 1 heterocycles. The second kappa shape index (κ2) is 7.25. The van der Waals surface area contributed by atoms with Crippen molar-refractivity contribution < 1.29 is 14.4 Å². The minimum absolute atomic E-state index is 0.0128. The number of carbonyl (C=O) groups is 3. The molecule has 1 aromatic carbocycles. The van der Waals surface area contributed by atoms with Crippen LogP contribution < -0.4 is 5.32 Å². The quantitative estimate of drug-likeness (QED) is 0.852. The van der Waals surface area contributed by atoms with Gasteiger partial charge in [-0.25, -0.2) is 0 Å². The Morgan fingerprint density at radius 2 is 1.52 bits per heavy atom. The maximum Gasteiger partial charge on any atom is 0.239 e. The molecule has 25 heavy (non-hydrogen) atoms. The molecule has 136 valence electrons. The highest BCUT2D eigenvalue weighted by Crippen LogP contribution is 2.24. The lowest BCUT2D eigenvalue weighted by molar-refractivity contribution is -0.149. The highest BCUT2D eigenvalue weighted by atomic mass is 16.2. The van der Waals surface area contributed by atoms with Crippen molar-refractivity contribution in [2.24, 2.45) is 5.41 Å². The van der Waals surface area contributed by atoms with Crippen molar-refractivity contribution >= 4 is 23.4 Å². The molecule has 0 spiro atoms. The lowest BCUT2D eigenvalue weighted by atomic mass is 9.89. The summed E-state index contributed by atoms with van der Waals surface area (Å²) in [5.74, 6) is -0.523. The van der Waals surface area contributed by atoms with Gasteiger partial charge in [-0.2, -0.15) is 0 Å². The second-order valence-corrected chi connectivity index (χ2v) is 7.18. The number of aryl methyl sites for hydroxylation is 2. The number of carbonyl (C=O) groups excluding carboxylic acids is 3. The van der Waals surface area contributed by atoms with E-state index in [-0.39, 0.29) is 17.7 Å². The standard InChI is InChI=1S/C19H27N3O3/c1-13-6-7-16(12-14(13)2)20-17(24)19(4,5)18(25)22-10-8-21(9-11-22)15(3)23/h6-7,12H,8-11H2,1-5H3,(H,20,24). The number of piperazine rings is 1. The first kappa shape index (κ1) is 19.0. The molecule has 1 aliphatic rings. The molecule has 1 aromatic rings. The number of amides is 3. The highest BCUT2D eigenvalue weighted by molar-refractivity contribution is 6.09. The van der Waals surface area contributed by atoms with Crippen molar-refractivity contribution in [2.45, 2.75) is 34.6 Å². The Bertz CT molecular complexity index is 689. The summed E-state index contributed by atoms with van der Waals surface area (Å²) in [6.45, 7) is 10.7. The molecule has 1 saturated heterocycles. The zero-order chi connectivity index (χ0) is 18.8. The fourth-order valence-electron chi connectivity index (χ4n) is 2.82. The summed E-state index contributed by atoms with van der Waals surface area (Å²) in [7, 11) is 0. The summed E-state index contributed by atoms with van der Waals surface area (Å²) in [6.07, 6.45) is 0. The first-order valence-electron chi connectivity index (χ1n) is 8.56. The molecule has 3 amide bonds. The lowest BCUT2D eigenvalue weighted by Crippen LogP contribution is -2.55. The number of benzene rings is 1.